The number of ketones is 1. The summed E-state index contributed by atoms with van der Waals surface area (Å²) in [5.41, 5.74) is 2.22. The van der Waals surface area contributed by atoms with E-state index in [1.807, 2.05) is 30.3 Å². The average Bonchev–Trinajstić information content (AvgIpc) is 3.69. The number of benzene rings is 3. The van der Waals surface area contributed by atoms with Crippen LogP contribution in [0.3, 0.4) is 0 Å². The van der Waals surface area contributed by atoms with E-state index in [9.17, 15) is 19.5 Å². The quantitative estimate of drug-likeness (QED) is 0.229. The molecule has 4 aromatic rings. The molecule has 41 heavy (non-hydrogen) atoms. The lowest BCUT2D eigenvalue weighted by molar-refractivity contribution is 0.0698. The predicted octanol–water partition coefficient (Wildman–Crippen LogP) is 6.19. The van der Waals surface area contributed by atoms with Crippen LogP contribution >= 0.6 is 11.6 Å². The Hall–Kier alpha value is -4.89. The molecule has 0 spiro atoms. The minimum Gasteiger partial charge on any atom is -0.478 e. The van der Waals surface area contributed by atoms with Crippen LogP contribution in [0.25, 0.3) is 0 Å². The van der Waals surface area contributed by atoms with Crippen molar-refractivity contribution < 1.29 is 29.0 Å². The van der Waals surface area contributed by atoms with Gasteiger partial charge in [-0.15, -0.1) is 0 Å². The number of anilines is 3. The van der Waals surface area contributed by atoms with Gasteiger partial charge in [-0.05, 0) is 91.6 Å². The van der Waals surface area contributed by atoms with Crippen molar-refractivity contribution in [3.8, 4) is 11.5 Å². The number of hydrogen-bond donors (Lipinski definition) is 2. The van der Waals surface area contributed by atoms with E-state index in [4.69, 9.17) is 21.1 Å². The monoisotopic (exact) mass is 569 g/mol. The number of carboxylic acid groups (broad SMARTS) is 1. The third-order valence-corrected chi connectivity index (χ3v) is 7.22. The first-order valence-corrected chi connectivity index (χ1v) is 13.4. The topological polar surface area (TPSA) is 118 Å². The fourth-order valence-electron chi connectivity index (χ4n) is 4.57. The zero-order valence-electron chi connectivity index (χ0n) is 21.7. The third-order valence-electron chi connectivity index (χ3n) is 6.96. The number of nitrogens with zero attached hydrogens (tertiary/aromatic N) is 2. The van der Waals surface area contributed by atoms with E-state index in [1.165, 1.54) is 37.1 Å². The number of aromatic nitrogens is 1. The lowest BCUT2D eigenvalue weighted by Crippen LogP contribution is -2.20. The summed E-state index contributed by atoms with van der Waals surface area (Å²) in [6, 6.07) is 19.8. The Bertz CT molecular complexity index is 1650. The van der Waals surface area contributed by atoms with E-state index in [2.05, 4.69) is 15.2 Å². The van der Waals surface area contributed by atoms with Gasteiger partial charge in [0.1, 0.15) is 5.69 Å². The van der Waals surface area contributed by atoms with Crippen LogP contribution in [0.5, 0.6) is 11.5 Å². The zero-order chi connectivity index (χ0) is 28.5. The van der Waals surface area contributed by atoms with Crippen molar-refractivity contribution in [1.29, 1.82) is 0 Å². The summed E-state index contributed by atoms with van der Waals surface area (Å²) in [6.45, 7) is 0.899. The normalized spacial score (nSPS) is 13.5. The van der Waals surface area contributed by atoms with Crippen molar-refractivity contribution in [2.75, 3.05) is 23.6 Å². The summed E-state index contributed by atoms with van der Waals surface area (Å²) < 4.78 is 10.6. The van der Waals surface area contributed by atoms with Crippen molar-refractivity contribution in [1.82, 2.24) is 4.98 Å². The Morgan fingerprint density at radius 2 is 1.63 bits per heavy atom. The number of ether oxygens (including phenoxy) is 2. The van der Waals surface area contributed by atoms with Crippen LogP contribution in [-0.2, 0) is 0 Å². The highest BCUT2D eigenvalue weighted by molar-refractivity contribution is 6.30. The summed E-state index contributed by atoms with van der Waals surface area (Å²) in [4.78, 5) is 44.7. The second-order valence-corrected chi connectivity index (χ2v) is 10.3. The van der Waals surface area contributed by atoms with Gasteiger partial charge in [0.2, 0.25) is 12.6 Å². The molecule has 1 amide bonds. The highest BCUT2D eigenvalue weighted by Crippen LogP contribution is 2.36. The predicted molar refractivity (Wildman–Crippen MR) is 153 cm³/mol. The summed E-state index contributed by atoms with van der Waals surface area (Å²) in [5.74, 6) is -0.697. The molecule has 2 N–H and O–H groups in total. The molecule has 6 rings (SSSR count). The molecule has 0 saturated heterocycles. The molecular weight excluding hydrogens is 546 g/mol. The number of rotatable bonds is 9. The molecule has 206 valence electrons. The van der Waals surface area contributed by atoms with E-state index in [-0.39, 0.29) is 34.9 Å². The van der Waals surface area contributed by atoms with Gasteiger partial charge in [-0.1, -0.05) is 11.6 Å². The second-order valence-electron chi connectivity index (χ2n) is 9.85. The van der Waals surface area contributed by atoms with Gasteiger partial charge in [-0.3, -0.25) is 14.6 Å². The number of aromatic carboxylic acids is 1. The Balaban J connectivity index is 1.21. The molecule has 1 aliphatic heterocycles. The number of halogens is 1. The number of carboxylic acids is 1. The maximum absolute atomic E-state index is 13.3. The van der Waals surface area contributed by atoms with Gasteiger partial charge < -0.3 is 24.8 Å². The Kier molecular flexibility index (Phi) is 7.03. The fraction of sp³-hybridized carbons (Fsp3) is 0.161. The van der Waals surface area contributed by atoms with E-state index >= 15 is 0 Å². The second kappa shape index (κ2) is 10.9. The van der Waals surface area contributed by atoms with Gasteiger partial charge >= 0.3 is 5.97 Å². The summed E-state index contributed by atoms with van der Waals surface area (Å²) >= 11 is 6.07. The number of amides is 1. The molecule has 1 aliphatic carbocycles. The number of carbonyl (C=O) groups excluding carboxylic acids is 2. The number of hydrogen-bond acceptors (Lipinski definition) is 7. The molecule has 0 radical (unpaired) electrons. The first-order chi connectivity index (χ1) is 19.9. The maximum Gasteiger partial charge on any atom is 0.337 e. The molecule has 1 saturated carbocycles. The van der Waals surface area contributed by atoms with Crippen LogP contribution in [0, 0.1) is 5.92 Å². The van der Waals surface area contributed by atoms with Crippen LogP contribution < -0.4 is 19.7 Å². The average molecular weight is 570 g/mol. The maximum atomic E-state index is 13.3. The smallest absolute Gasteiger partial charge is 0.337 e. The van der Waals surface area contributed by atoms with Gasteiger partial charge in [0.15, 0.2) is 11.5 Å². The molecule has 3 aromatic carbocycles. The molecule has 1 aromatic heterocycles. The Morgan fingerprint density at radius 3 is 2.34 bits per heavy atom. The Labute approximate surface area is 240 Å². The number of fused-ring (bicyclic) bond motifs is 1. The van der Waals surface area contributed by atoms with Crippen molar-refractivity contribution in [3.05, 3.63) is 106 Å². The molecule has 2 aliphatic rings. The van der Waals surface area contributed by atoms with Crippen LogP contribution in [0.2, 0.25) is 5.02 Å². The van der Waals surface area contributed by atoms with Crippen molar-refractivity contribution in [3.63, 3.8) is 0 Å². The highest BCUT2D eigenvalue weighted by Gasteiger charge is 2.26. The molecule has 9 nitrogen and oxygen atoms in total. The zero-order valence-corrected chi connectivity index (χ0v) is 22.4. The Morgan fingerprint density at radius 1 is 0.902 bits per heavy atom. The minimum absolute atomic E-state index is 0.0544. The van der Waals surface area contributed by atoms with E-state index in [0.29, 0.717) is 22.4 Å². The van der Waals surface area contributed by atoms with Crippen LogP contribution in [0.1, 0.15) is 49.6 Å². The molecule has 1 fully saturated rings. The lowest BCUT2D eigenvalue weighted by Gasteiger charge is -2.25. The van der Waals surface area contributed by atoms with E-state index in [0.717, 1.165) is 17.9 Å². The summed E-state index contributed by atoms with van der Waals surface area (Å²) in [7, 11) is 0. The first-order valence-electron chi connectivity index (χ1n) is 13.0. The molecule has 0 atom stereocenters. The van der Waals surface area contributed by atoms with Crippen LogP contribution in [-0.4, -0.2) is 41.1 Å². The molecule has 2 heterocycles. The molecule has 0 bridgehead atoms. The highest BCUT2D eigenvalue weighted by atomic mass is 35.5. The minimum atomic E-state index is -1.29. The van der Waals surface area contributed by atoms with Crippen molar-refractivity contribution in [2.24, 2.45) is 5.92 Å². The fourth-order valence-corrected chi connectivity index (χ4v) is 4.70. The number of carbonyl (C=O) groups is 3. The van der Waals surface area contributed by atoms with E-state index in [1.54, 1.807) is 24.4 Å². The summed E-state index contributed by atoms with van der Waals surface area (Å²) in [6.07, 6.45) is 3.99. The van der Waals surface area contributed by atoms with Crippen LogP contribution in [0.15, 0.2) is 79.0 Å². The molecular formula is C31H24ClN3O6. The van der Waals surface area contributed by atoms with Gasteiger partial charge in [0, 0.05) is 28.4 Å². The van der Waals surface area contributed by atoms with Crippen molar-refractivity contribution in [2.45, 2.75) is 12.8 Å². The van der Waals surface area contributed by atoms with E-state index < -0.39 is 17.7 Å². The number of nitrogens with one attached hydrogen (secondary N) is 1. The first kappa shape index (κ1) is 26.3. The van der Waals surface area contributed by atoms with Gasteiger partial charge in [0.05, 0.1) is 23.1 Å². The standard InChI is InChI=1S/C31H24ClN3O6/c32-21-5-7-22(8-6-21)35(16-18-1-2-18)23-9-11-26(33-15-23)29(36)19-3-10-25(24(13-19)31(38)39)34-30(37)20-4-12-27-28(14-20)41-17-40-27/h3-15,18H,1-2,16-17H2,(H,34,37)(H,38,39). The lowest BCUT2D eigenvalue weighted by atomic mass is 10.0. The van der Waals surface area contributed by atoms with Gasteiger partial charge in [-0.2, -0.15) is 0 Å². The molecule has 0 unspecified atom stereocenters. The summed E-state index contributed by atoms with van der Waals surface area (Å²) in [5, 5.41) is 13.1. The van der Waals surface area contributed by atoms with Crippen LogP contribution in [0.4, 0.5) is 17.1 Å². The SMILES string of the molecule is O=C(Nc1ccc(C(=O)c2ccc(N(CC3CC3)c3ccc(Cl)cc3)cn2)cc1C(=O)O)c1ccc2c(c1)OCO2. The van der Waals surface area contributed by atoms with Crippen molar-refractivity contribution >= 4 is 46.3 Å². The third kappa shape index (κ3) is 5.71. The van der Waals surface area contributed by atoms with Gasteiger partial charge in [-0.25, -0.2) is 4.79 Å². The number of pyridine rings is 1. The largest absolute Gasteiger partial charge is 0.478 e. The molecule has 10 heteroatoms. The van der Waals surface area contributed by atoms with Gasteiger partial charge in [0.25, 0.3) is 5.91 Å².